The van der Waals surface area contributed by atoms with E-state index in [0.29, 0.717) is 0 Å². The van der Waals surface area contributed by atoms with Crippen molar-refractivity contribution in [3.05, 3.63) is 72.8 Å². The summed E-state index contributed by atoms with van der Waals surface area (Å²) >= 11 is 0. The Hall–Kier alpha value is -2.74. The lowest BCUT2D eigenvalue weighted by molar-refractivity contribution is 0.360. The second-order valence-corrected chi connectivity index (χ2v) is 4.68. The monoisotopic (exact) mass is 260 g/mol. The molecule has 0 saturated carbocycles. The van der Waals surface area contributed by atoms with Gasteiger partial charge in [-0.3, -0.25) is 0 Å². The van der Waals surface area contributed by atoms with Crippen molar-refractivity contribution in [2.45, 2.75) is 0 Å². The maximum Gasteiger partial charge on any atom is 0.170 e. The Morgan fingerprint density at radius 1 is 0.450 bits per heavy atom. The third-order valence-corrected chi connectivity index (χ3v) is 3.34. The van der Waals surface area contributed by atoms with Crippen LogP contribution in [0.5, 0.6) is 23.0 Å². The molecule has 96 valence electrons. The molecule has 1 heterocycles. The van der Waals surface area contributed by atoms with Crippen molar-refractivity contribution in [2.24, 2.45) is 0 Å². The first-order valence-corrected chi connectivity index (χ1v) is 6.54. The average molecular weight is 260 g/mol. The molecule has 2 nitrogen and oxygen atoms in total. The molecule has 0 bridgehead atoms. The van der Waals surface area contributed by atoms with Crippen LogP contribution in [0.3, 0.4) is 0 Å². The van der Waals surface area contributed by atoms with Gasteiger partial charge in [-0.05, 0) is 35.4 Å². The maximum absolute atomic E-state index is 5.91. The Morgan fingerprint density at radius 2 is 1.05 bits per heavy atom. The zero-order chi connectivity index (χ0) is 13.4. The van der Waals surface area contributed by atoms with Crippen LogP contribution in [0.25, 0.3) is 11.1 Å². The molecule has 0 N–H and O–H groups in total. The van der Waals surface area contributed by atoms with Crippen LogP contribution >= 0.6 is 0 Å². The van der Waals surface area contributed by atoms with E-state index in [0.717, 1.165) is 34.1 Å². The standard InChI is InChI=1S/C18H12O2/c1-2-6-13(7-3-1)14-10-11-17-18(12-14)20-16-9-5-4-8-15(16)19-17/h1-12H. The van der Waals surface area contributed by atoms with E-state index in [9.17, 15) is 0 Å². The van der Waals surface area contributed by atoms with Crippen molar-refractivity contribution in [2.75, 3.05) is 0 Å². The summed E-state index contributed by atoms with van der Waals surface area (Å²) in [5, 5.41) is 0. The fourth-order valence-corrected chi connectivity index (χ4v) is 2.34. The maximum atomic E-state index is 5.91. The molecule has 0 spiro atoms. The van der Waals surface area contributed by atoms with E-state index in [1.54, 1.807) is 0 Å². The molecule has 0 fully saturated rings. The molecular weight excluding hydrogens is 248 g/mol. The van der Waals surface area contributed by atoms with E-state index in [1.165, 1.54) is 0 Å². The molecule has 4 rings (SSSR count). The van der Waals surface area contributed by atoms with Gasteiger partial charge in [0.1, 0.15) is 0 Å². The molecule has 20 heavy (non-hydrogen) atoms. The highest BCUT2D eigenvalue weighted by Crippen LogP contribution is 2.46. The molecule has 0 saturated heterocycles. The third kappa shape index (κ3) is 1.82. The highest BCUT2D eigenvalue weighted by Gasteiger charge is 2.18. The van der Waals surface area contributed by atoms with Gasteiger partial charge < -0.3 is 9.47 Å². The topological polar surface area (TPSA) is 18.5 Å². The minimum atomic E-state index is 0.753. The molecule has 3 aromatic carbocycles. The Kier molecular flexibility index (Phi) is 2.46. The van der Waals surface area contributed by atoms with Gasteiger partial charge in [0, 0.05) is 0 Å². The van der Waals surface area contributed by atoms with E-state index >= 15 is 0 Å². The van der Waals surface area contributed by atoms with Crippen LogP contribution in [0.4, 0.5) is 0 Å². The zero-order valence-corrected chi connectivity index (χ0v) is 10.7. The van der Waals surface area contributed by atoms with Crippen LogP contribution < -0.4 is 9.47 Å². The van der Waals surface area contributed by atoms with Crippen LogP contribution in [-0.4, -0.2) is 0 Å². The number of hydrogen-bond acceptors (Lipinski definition) is 2. The minimum Gasteiger partial charge on any atom is -0.450 e. The van der Waals surface area contributed by atoms with Crippen molar-refractivity contribution < 1.29 is 9.47 Å². The SMILES string of the molecule is c1ccc(-c2ccc3c(c2)Oc2ccccc2O3)cc1. The van der Waals surface area contributed by atoms with Gasteiger partial charge in [0.15, 0.2) is 23.0 Å². The zero-order valence-electron chi connectivity index (χ0n) is 10.7. The molecule has 0 amide bonds. The molecule has 2 heteroatoms. The lowest BCUT2D eigenvalue weighted by Gasteiger charge is -2.20. The molecule has 0 aliphatic carbocycles. The second-order valence-electron chi connectivity index (χ2n) is 4.68. The van der Waals surface area contributed by atoms with E-state index in [2.05, 4.69) is 12.1 Å². The van der Waals surface area contributed by atoms with E-state index in [1.807, 2.05) is 60.7 Å². The van der Waals surface area contributed by atoms with E-state index in [-0.39, 0.29) is 0 Å². The van der Waals surface area contributed by atoms with Gasteiger partial charge in [0.25, 0.3) is 0 Å². The quantitative estimate of drug-likeness (QED) is 0.465. The predicted molar refractivity (Wildman–Crippen MR) is 78.5 cm³/mol. The van der Waals surface area contributed by atoms with Crippen molar-refractivity contribution in [3.63, 3.8) is 0 Å². The molecule has 0 radical (unpaired) electrons. The van der Waals surface area contributed by atoms with Crippen LogP contribution in [-0.2, 0) is 0 Å². The third-order valence-electron chi connectivity index (χ3n) is 3.34. The smallest absolute Gasteiger partial charge is 0.170 e. The van der Waals surface area contributed by atoms with Gasteiger partial charge in [0.2, 0.25) is 0 Å². The summed E-state index contributed by atoms with van der Waals surface area (Å²) in [6.07, 6.45) is 0. The molecule has 1 aliphatic rings. The summed E-state index contributed by atoms with van der Waals surface area (Å²) in [4.78, 5) is 0. The summed E-state index contributed by atoms with van der Waals surface area (Å²) in [6.45, 7) is 0. The Bertz CT molecular complexity index is 763. The molecular formula is C18H12O2. The van der Waals surface area contributed by atoms with Gasteiger partial charge in [-0.2, -0.15) is 0 Å². The van der Waals surface area contributed by atoms with Gasteiger partial charge in [-0.15, -0.1) is 0 Å². The van der Waals surface area contributed by atoms with Gasteiger partial charge in [-0.1, -0.05) is 48.5 Å². The predicted octanol–water partition coefficient (Wildman–Crippen LogP) is 5.25. The average Bonchev–Trinajstić information content (AvgIpc) is 2.53. The van der Waals surface area contributed by atoms with Gasteiger partial charge >= 0.3 is 0 Å². The van der Waals surface area contributed by atoms with Crippen LogP contribution in [0.1, 0.15) is 0 Å². The minimum absolute atomic E-state index is 0.753. The van der Waals surface area contributed by atoms with E-state index < -0.39 is 0 Å². The number of rotatable bonds is 1. The fourth-order valence-electron chi connectivity index (χ4n) is 2.34. The van der Waals surface area contributed by atoms with Gasteiger partial charge in [-0.25, -0.2) is 0 Å². The molecule has 3 aromatic rings. The molecule has 0 atom stereocenters. The summed E-state index contributed by atoms with van der Waals surface area (Å²) in [6, 6.07) is 23.9. The lowest BCUT2D eigenvalue weighted by Crippen LogP contribution is -1.98. The van der Waals surface area contributed by atoms with E-state index in [4.69, 9.17) is 9.47 Å². The van der Waals surface area contributed by atoms with Crippen LogP contribution in [0.2, 0.25) is 0 Å². The first-order chi connectivity index (χ1) is 9.90. The molecule has 0 aromatic heterocycles. The van der Waals surface area contributed by atoms with Crippen molar-refractivity contribution in [1.82, 2.24) is 0 Å². The number of fused-ring (bicyclic) bond motifs is 2. The fraction of sp³-hybridized carbons (Fsp3) is 0. The number of ether oxygens (including phenoxy) is 2. The normalized spacial score (nSPS) is 11.8. The first kappa shape index (κ1) is 11.1. The molecule has 1 aliphatic heterocycles. The van der Waals surface area contributed by atoms with Crippen molar-refractivity contribution in [3.8, 4) is 34.1 Å². The van der Waals surface area contributed by atoms with Crippen molar-refractivity contribution in [1.29, 1.82) is 0 Å². The molecule has 0 unspecified atom stereocenters. The summed E-state index contributed by atoms with van der Waals surface area (Å²) in [5.41, 5.74) is 2.28. The number of hydrogen-bond donors (Lipinski definition) is 0. The number of benzene rings is 3. The summed E-state index contributed by atoms with van der Waals surface area (Å²) in [7, 11) is 0. The highest BCUT2D eigenvalue weighted by molar-refractivity contribution is 5.68. The van der Waals surface area contributed by atoms with Crippen LogP contribution in [0.15, 0.2) is 72.8 Å². The Balaban J connectivity index is 1.77. The van der Waals surface area contributed by atoms with Crippen LogP contribution in [0, 0.1) is 0 Å². The second kappa shape index (κ2) is 4.42. The largest absolute Gasteiger partial charge is 0.450 e. The Labute approximate surface area is 117 Å². The summed E-state index contributed by atoms with van der Waals surface area (Å²) < 4.78 is 11.8. The van der Waals surface area contributed by atoms with Gasteiger partial charge in [0.05, 0.1) is 0 Å². The number of para-hydroxylation sites is 2. The Morgan fingerprint density at radius 3 is 1.80 bits per heavy atom. The lowest BCUT2D eigenvalue weighted by atomic mass is 10.1. The first-order valence-electron chi connectivity index (χ1n) is 6.54. The van der Waals surface area contributed by atoms with Crippen molar-refractivity contribution >= 4 is 0 Å². The highest BCUT2D eigenvalue weighted by atomic mass is 16.6. The summed E-state index contributed by atoms with van der Waals surface area (Å²) in [5.74, 6) is 3.02.